The van der Waals surface area contributed by atoms with Gasteiger partial charge >= 0.3 is 0 Å². The molecule has 0 radical (unpaired) electrons. The lowest BCUT2D eigenvalue weighted by Gasteiger charge is -2.49. The highest BCUT2D eigenvalue weighted by Crippen LogP contribution is 2.55. The van der Waals surface area contributed by atoms with Crippen LogP contribution >= 0.6 is 0 Å². The predicted molar refractivity (Wildman–Crippen MR) is 143 cm³/mol. The van der Waals surface area contributed by atoms with Crippen molar-refractivity contribution in [3.8, 4) is 11.5 Å². The number of carbonyl (C=O) groups excluding carboxylic acids is 2. The number of methoxy groups -OCH3 is 1. The van der Waals surface area contributed by atoms with Crippen molar-refractivity contribution in [3.63, 3.8) is 0 Å². The number of nitrogens with zero attached hydrogens (tertiary/aromatic N) is 1. The lowest BCUT2D eigenvalue weighted by atomic mass is 9.63. The predicted octanol–water partition coefficient (Wildman–Crippen LogP) is 6.53. The highest BCUT2D eigenvalue weighted by atomic mass is 16.5. The Hall–Kier alpha value is -2.82. The van der Waals surface area contributed by atoms with Crippen LogP contribution in [0.1, 0.15) is 84.3 Å². The number of rotatable bonds is 7. The van der Waals surface area contributed by atoms with E-state index in [0.717, 1.165) is 53.1 Å². The fourth-order valence-corrected chi connectivity index (χ4v) is 6.41. The Morgan fingerprint density at radius 2 is 1.53 bits per heavy atom. The van der Waals surface area contributed by atoms with Crippen LogP contribution in [-0.2, 0) is 16.0 Å². The Balaban J connectivity index is 2.04. The van der Waals surface area contributed by atoms with Crippen LogP contribution in [0.4, 0.5) is 0 Å². The first-order valence-corrected chi connectivity index (χ1v) is 13.2. The Morgan fingerprint density at radius 1 is 0.972 bits per heavy atom. The molecule has 194 valence electrons. The molecular weight excluding hydrogens is 450 g/mol. The molecule has 1 aliphatic heterocycles. The van der Waals surface area contributed by atoms with E-state index in [-0.39, 0.29) is 22.4 Å². The molecule has 0 fully saturated rings. The number of hydrogen-bond acceptors (Lipinski definition) is 5. The van der Waals surface area contributed by atoms with Crippen molar-refractivity contribution in [2.24, 2.45) is 10.8 Å². The summed E-state index contributed by atoms with van der Waals surface area (Å²) in [6.45, 7) is 17.9. The summed E-state index contributed by atoms with van der Waals surface area (Å²) in [6, 6.07) is 4.07. The second-order valence-electron chi connectivity index (χ2n) is 11.9. The zero-order chi connectivity index (χ0) is 26.4. The zero-order valence-corrected chi connectivity index (χ0v) is 23.0. The number of carbonyl (C=O) groups is 2. The number of benzene rings is 1. The normalized spacial score (nSPS) is 21.4. The Bertz CT molecular complexity index is 1110. The number of ether oxygens (including phenoxy) is 2. The van der Waals surface area contributed by atoms with Crippen molar-refractivity contribution in [2.45, 2.75) is 79.6 Å². The summed E-state index contributed by atoms with van der Waals surface area (Å²) >= 11 is 0. The maximum atomic E-state index is 13.9. The topological polar surface area (TPSA) is 55.8 Å². The summed E-state index contributed by atoms with van der Waals surface area (Å²) in [5.74, 6) is 1.23. The van der Waals surface area contributed by atoms with E-state index in [1.807, 2.05) is 19.1 Å². The van der Waals surface area contributed by atoms with E-state index in [1.54, 1.807) is 7.11 Å². The molecule has 2 aliphatic carbocycles. The Kier molecular flexibility index (Phi) is 6.98. The van der Waals surface area contributed by atoms with Crippen LogP contribution in [0.2, 0.25) is 0 Å². The van der Waals surface area contributed by atoms with Crippen molar-refractivity contribution in [1.29, 1.82) is 0 Å². The van der Waals surface area contributed by atoms with E-state index in [1.165, 1.54) is 0 Å². The summed E-state index contributed by atoms with van der Waals surface area (Å²) in [5.41, 5.74) is 5.39. The van der Waals surface area contributed by atoms with E-state index in [4.69, 9.17) is 9.47 Å². The summed E-state index contributed by atoms with van der Waals surface area (Å²) in [7, 11) is 1.64. The quantitative estimate of drug-likeness (QED) is 0.406. The molecule has 5 nitrogen and oxygen atoms in total. The van der Waals surface area contributed by atoms with Crippen LogP contribution < -0.4 is 9.47 Å². The molecule has 0 atom stereocenters. The van der Waals surface area contributed by atoms with Crippen molar-refractivity contribution in [2.75, 3.05) is 20.3 Å². The van der Waals surface area contributed by atoms with Gasteiger partial charge in [0.1, 0.15) is 0 Å². The van der Waals surface area contributed by atoms with Gasteiger partial charge in [0.05, 0.1) is 13.7 Å². The minimum absolute atomic E-state index is 0.121. The van der Waals surface area contributed by atoms with Crippen LogP contribution in [0.25, 0.3) is 0 Å². The lowest BCUT2D eigenvalue weighted by Crippen LogP contribution is -2.44. The second-order valence-corrected chi connectivity index (χ2v) is 11.9. The monoisotopic (exact) mass is 491 g/mol. The molecule has 4 rings (SSSR count). The molecule has 0 amide bonds. The van der Waals surface area contributed by atoms with Gasteiger partial charge < -0.3 is 14.4 Å². The molecule has 0 saturated heterocycles. The van der Waals surface area contributed by atoms with Gasteiger partial charge in [0, 0.05) is 53.4 Å². The molecule has 5 heteroatoms. The average Bonchev–Trinajstić information content (AvgIpc) is 2.76. The summed E-state index contributed by atoms with van der Waals surface area (Å²) in [4.78, 5) is 30.0. The first-order valence-electron chi connectivity index (χ1n) is 13.2. The van der Waals surface area contributed by atoms with Crippen molar-refractivity contribution >= 4 is 11.6 Å². The van der Waals surface area contributed by atoms with Crippen molar-refractivity contribution in [1.82, 2.24) is 4.90 Å². The van der Waals surface area contributed by atoms with Gasteiger partial charge in [0.15, 0.2) is 23.1 Å². The molecule has 0 bridgehead atoms. The summed E-state index contributed by atoms with van der Waals surface area (Å²) in [5, 5.41) is 0. The van der Waals surface area contributed by atoms with E-state index in [0.29, 0.717) is 37.4 Å². The number of allylic oxidation sites excluding steroid dienone is 5. The molecule has 0 spiro atoms. The molecule has 1 aromatic rings. The molecule has 0 aromatic heterocycles. The molecule has 0 saturated carbocycles. The van der Waals surface area contributed by atoms with Crippen molar-refractivity contribution < 1.29 is 19.1 Å². The van der Waals surface area contributed by atoms with Gasteiger partial charge in [-0.05, 0) is 55.6 Å². The van der Waals surface area contributed by atoms with Gasteiger partial charge in [-0.2, -0.15) is 0 Å². The maximum Gasteiger partial charge on any atom is 0.164 e. The third-order valence-electron chi connectivity index (χ3n) is 7.69. The largest absolute Gasteiger partial charge is 0.493 e. The molecule has 36 heavy (non-hydrogen) atoms. The van der Waals surface area contributed by atoms with Gasteiger partial charge in [-0.15, -0.1) is 6.58 Å². The zero-order valence-electron chi connectivity index (χ0n) is 23.0. The minimum Gasteiger partial charge on any atom is -0.493 e. The molecule has 1 aromatic carbocycles. The third-order valence-corrected chi connectivity index (χ3v) is 7.69. The van der Waals surface area contributed by atoms with Crippen LogP contribution in [0.15, 0.2) is 47.3 Å². The number of ketones is 2. The van der Waals surface area contributed by atoms with Gasteiger partial charge in [-0.25, -0.2) is 0 Å². The first-order chi connectivity index (χ1) is 17.0. The molecular formula is C31H41NO4. The maximum absolute atomic E-state index is 13.9. The lowest BCUT2D eigenvalue weighted by molar-refractivity contribution is -0.119. The summed E-state index contributed by atoms with van der Waals surface area (Å²) in [6.07, 6.45) is 5.04. The first kappa shape index (κ1) is 26.2. The van der Waals surface area contributed by atoms with E-state index < -0.39 is 5.92 Å². The van der Waals surface area contributed by atoms with E-state index in [9.17, 15) is 9.59 Å². The molecule has 0 N–H and O–H groups in total. The standard InChI is InChI=1S/C31H41NO4/c1-9-12-19-13-20(14-25(36-11-3)29(19)35-8)26-27-21(15-30(4,5)17-23(27)33)32(10-2)22-16-31(6,7)18-24(34)28(22)26/h9,13-14,26H,1,10-12,15-18H2,2-8H3. The highest BCUT2D eigenvalue weighted by Gasteiger charge is 2.48. The van der Waals surface area contributed by atoms with Crippen LogP contribution in [0.3, 0.4) is 0 Å². The van der Waals surface area contributed by atoms with Gasteiger partial charge in [-0.3, -0.25) is 9.59 Å². The fourth-order valence-electron chi connectivity index (χ4n) is 6.41. The summed E-state index contributed by atoms with van der Waals surface area (Å²) < 4.78 is 11.7. The molecule has 0 unspecified atom stereocenters. The SMILES string of the molecule is C=CCc1cc(C2C3=C(CC(C)(C)CC3=O)N(CC)C3=C2C(=O)CC(C)(C)C3)cc(OCC)c1OC. The highest BCUT2D eigenvalue weighted by molar-refractivity contribution is 6.06. The average molecular weight is 492 g/mol. The van der Waals surface area contributed by atoms with Gasteiger partial charge in [0.2, 0.25) is 0 Å². The van der Waals surface area contributed by atoms with E-state index >= 15 is 0 Å². The van der Waals surface area contributed by atoms with E-state index in [2.05, 4.69) is 52.2 Å². The van der Waals surface area contributed by atoms with Gasteiger partial charge in [0.25, 0.3) is 0 Å². The Labute approximate surface area is 216 Å². The number of hydrogen-bond donors (Lipinski definition) is 0. The van der Waals surface area contributed by atoms with Crippen LogP contribution in [0.5, 0.6) is 11.5 Å². The minimum atomic E-state index is -0.390. The molecule has 3 aliphatic rings. The van der Waals surface area contributed by atoms with Crippen LogP contribution in [0, 0.1) is 10.8 Å². The van der Waals surface area contributed by atoms with Crippen molar-refractivity contribution in [3.05, 3.63) is 58.5 Å². The Morgan fingerprint density at radius 3 is 1.97 bits per heavy atom. The fraction of sp³-hybridized carbons (Fsp3) is 0.548. The molecule has 1 heterocycles. The van der Waals surface area contributed by atoms with Crippen LogP contribution in [-0.4, -0.2) is 36.7 Å². The third kappa shape index (κ3) is 4.53. The second kappa shape index (κ2) is 9.57. The smallest absolute Gasteiger partial charge is 0.164 e. The number of Topliss-reactive ketones (excluding diaryl/α,β-unsaturated/α-hetero) is 2. The van der Waals surface area contributed by atoms with Gasteiger partial charge in [-0.1, -0.05) is 39.8 Å².